The minimum atomic E-state index is -4.01. The van der Waals surface area contributed by atoms with Gasteiger partial charge in [0.2, 0.25) is 0 Å². The van der Waals surface area contributed by atoms with E-state index in [9.17, 15) is 14.7 Å². The normalized spacial score (nSPS) is 13.0. The molecule has 126 valence electrons. The summed E-state index contributed by atoms with van der Waals surface area (Å²) in [6.07, 6.45) is 5.54. The Hall–Kier alpha value is -0.900. The predicted molar refractivity (Wildman–Crippen MR) is 98.2 cm³/mol. The molecular formula is C18H25O3PS. The molecule has 0 aliphatic carbocycles. The molecule has 0 spiro atoms. The van der Waals surface area contributed by atoms with Gasteiger partial charge in [0, 0.05) is 9.79 Å². The molecule has 23 heavy (non-hydrogen) atoms. The fraction of sp³-hybridized carbons (Fsp3) is 0.333. The summed E-state index contributed by atoms with van der Waals surface area (Å²) in [6, 6.07) is 17.1. The minimum absolute atomic E-state index is 0.759. The van der Waals surface area contributed by atoms with Gasteiger partial charge in [-0.15, -0.1) is 0 Å². The monoisotopic (exact) mass is 352 g/mol. The van der Waals surface area contributed by atoms with Gasteiger partial charge in [-0.3, -0.25) is 0 Å². The van der Waals surface area contributed by atoms with E-state index < -0.39 is 16.8 Å². The molecule has 2 rings (SSSR count). The molecule has 0 aliphatic rings. The van der Waals surface area contributed by atoms with E-state index in [4.69, 9.17) is 0 Å². The van der Waals surface area contributed by atoms with Gasteiger partial charge in [0.1, 0.15) is 0 Å². The first kappa shape index (κ1) is 18.4. The van der Waals surface area contributed by atoms with Crippen molar-refractivity contribution in [3.63, 3.8) is 0 Å². The number of unbranched alkanes of at least 4 members (excludes halogenated alkanes) is 3. The number of hydrogen-bond donors (Lipinski definition) is 3. The van der Waals surface area contributed by atoms with Crippen molar-refractivity contribution in [3.05, 3.63) is 60.2 Å². The Morgan fingerprint density at radius 3 is 2.13 bits per heavy atom. The Bertz CT molecular complexity index is 671. The van der Waals surface area contributed by atoms with Crippen molar-refractivity contribution in [2.75, 3.05) is 0 Å². The molecule has 0 saturated carbocycles. The zero-order chi connectivity index (χ0) is 16.7. The molecule has 1 unspecified atom stereocenters. The molecule has 0 fully saturated rings. The highest BCUT2D eigenvalue weighted by Crippen LogP contribution is 2.44. The van der Waals surface area contributed by atoms with Crippen LogP contribution in [0.15, 0.2) is 64.4 Å². The maximum atomic E-state index is 10.1. The molecular weight excluding hydrogens is 327 g/mol. The first-order chi connectivity index (χ1) is 11.0. The zero-order valence-electron chi connectivity index (χ0n) is 13.4. The van der Waals surface area contributed by atoms with Crippen LogP contribution < -0.4 is 0 Å². The molecule has 0 radical (unpaired) electrons. The third kappa shape index (κ3) is 5.30. The summed E-state index contributed by atoms with van der Waals surface area (Å²) in [4.78, 5) is 31.8. The van der Waals surface area contributed by atoms with E-state index in [-0.39, 0.29) is 0 Å². The van der Waals surface area contributed by atoms with Crippen molar-refractivity contribution < 1.29 is 14.7 Å². The van der Waals surface area contributed by atoms with Crippen LogP contribution in [0, 0.1) is 0 Å². The topological polar surface area (TPSA) is 60.7 Å². The number of hydrogen-bond acceptors (Lipinski definition) is 0. The number of benzene rings is 2. The molecule has 5 heteroatoms. The van der Waals surface area contributed by atoms with E-state index in [1.165, 1.54) is 19.3 Å². The van der Waals surface area contributed by atoms with Crippen molar-refractivity contribution in [1.82, 2.24) is 0 Å². The summed E-state index contributed by atoms with van der Waals surface area (Å²) in [6.45, 7) is -1.83. The zero-order valence-corrected chi connectivity index (χ0v) is 15.1. The summed E-state index contributed by atoms with van der Waals surface area (Å²) in [5.74, 6) is 0. The van der Waals surface area contributed by atoms with Gasteiger partial charge in [-0.05, 0) is 36.6 Å². The van der Waals surface area contributed by atoms with Crippen molar-refractivity contribution in [3.8, 4) is 0 Å². The molecule has 0 saturated heterocycles. The minimum Gasteiger partial charge on any atom is -0.328 e. The second-order valence-corrected chi connectivity index (χ2v) is 10.6. The van der Waals surface area contributed by atoms with E-state index >= 15 is 0 Å². The summed E-state index contributed by atoms with van der Waals surface area (Å²) in [7, 11) is -1.11. The van der Waals surface area contributed by atoms with Gasteiger partial charge in [-0.2, -0.15) is 0 Å². The summed E-state index contributed by atoms with van der Waals surface area (Å²) in [5, 5.41) is 0. The Kier molecular flexibility index (Phi) is 7.07. The van der Waals surface area contributed by atoms with E-state index in [2.05, 4.69) is 6.92 Å². The van der Waals surface area contributed by atoms with Gasteiger partial charge in [0.25, 0.3) is 6.72 Å². The Balaban J connectivity index is 2.42. The van der Waals surface area contributed by atoms with E-state index in [0.717, 1.165) is 28.2 Å². The smallest absolute Gasteiger partial charge is 0.286 e. The number of rotatable bonds is 7. The summed E-state index contributed by atoms with van der Waals surface area (Å²) < 4.78 is 0. The molecule has 0 amide bonds. The quantitative estimate of drug-likeness (QED) is 0.508. The summed E-state index contributed by atoms with van der Waals surface area (Å²) >= 11 is 0. The summed E-state index contributed by atoms with van der Waals surface area (Å²) in [5.41, 5.74) is 1.09. The van der Waals surface area contributed by atoms with E-state index in [1.54, 1.807) is 0 Å². The lowest BCUT2D eigenvalue weighted by Gasteiger charge is -2.19. The van der Waals surface area contributed by atoms with Crippen LogP contribution in [0.4, 0.5) is 0 Å². The Morgan fingerprint density at radius 2 is 1.48 bits per heavy atom. The van der Waals surface area contributed by atoms with Crippen molar-refractivity contribution >= 4 is 16.8 Å². The molecule has 2 aromatic carbocycles. The van der Waals surface area contributed by atoms with E-state index in [1.807, 2.05) is 54.6 Å². The number of aryl methyl sites for hydroxylation is 1. The second kappa shape index (κ2) is 8.81. The van der Waals surface area contributed by atoms with Gasteiger partial charge in [0.05, 0.1) is 0 Å². The first-order valence-corrected chi connectivity index (χ1v) is 11.5. The fourth-order valence-electron chi connectivity index (χ4n) is 2.59. The van der Waals surface area contributed by atoms with Gasteiger partial charge in [-0.25, -0.2) is 0 Å². The van der Waals surface area contributed by atoms with Crippen molar-refractivity contribution in [2.45, 2.75) is 48.8 Å². The van der Waals surface area contributed by atoms with Crippen LogP contribution in [-0.2, 0) is 16.5 Å². The molecule has 3 nitrogen and oxygen atoms in total. The van der Waals surface area contributed by atoms with Gasteiger partial charge in [-0.1, -0.05) is 72.7 Å². The van der Waals surface area contributed by atoms with Crippen molar-refractivity contribution in [1.29, 1.82) is 0 Å². The molecule has 0 aliphatic heterocycles. The van der Waals surface area contributed by atoms with Crippen LogP contribution in [0.1, 0.15) is 38.2 Å². The Morgan fingerprint density at radius 1 is 0.826 bits per heavy atom. The third-order valence-corrected chi connectivity index (χ3v) is 8.41. The highest BCUT2D eigenvalue weighted by Gasteiger charge is 2.19. The van der Waals surface area contributed by atoms with Gasteiger partial charge >= 0.3 is 0 Å². The highest BCUT2D eigenvalue weighted by molar-refractivity contribution is 8.27. The van der Waals surface area contributed by atoms with Crippen LogP contribution >= 0.6 is 6.72 Å². The molecule has 0 aromatic heterocycles. The average molecular weight is 352 g/mol. The molecule has 3 N–H and O–H groups in total. The lowest BCUT2D eigenvalue weighted by Crippen LogP contribution is -2.01. The molecule has 2 aromatic rings. The molecule has 1 atom stereocenters. The fourth-order valence-corrected chi connectivity index (χ4v) is 6.97. The first-order valence-electron chi connectivity index (χ1n) is 7.99. The van der Waals surface area contributed by atoms with Crippen LogP contribution in [0.25, 0.3) is 0 Å². The van der Waals surface area contributed by atoms with Crippen LogP contribution in [0.5, 0.6) is 0 Å². The van der Waals surface area contributed by atoms with E-state index in [0.29, 0.717) is 0 Å². The standard InChI is InChI=1S/C18H25O3PS/c1-2-3-4-6-11-16-12-9-10-15-18(16)23(22(19,20)21)17-13-7-5-8-14-17/h5,7-10,12-15,19-21H,2-4,6,11H2,1H3. The maximum Gasteiger partial charge on any atom is 0.286 e. The largest absolute Gasteiger partial charge is 0.328 e. The predicted octanol–water partition coefficient (Wildman–Crippen LogP) is 4.50. The van der Waals surface area contributed by atoms with Crippen LogP contribution in [0.3, 0.4) is 0 Å². The van der Waals surface area contributed by atoms with Crippen LogP contribution in [-0.4, -0.2) is 14.7 Å². The Labute approximate surface area is 140 Å². The molecule has 0 bridgehead atoms. The second-order valence-electron chi connectivity index (χ2n) is 5.53. The lowest BCUT2D eigenvalue weighted by atomic mass is 10.1. The van der Waals surface area contributed by atoms with Gasteiger partial charge < -0.3 is 14.7 Å². The van der Waals surface area contributed by atoms with Gasteiger partial charge in [0.15, 0.2) is 0 Å². The average Bonchev–Trinajstić information content (AvgIpc) is 2.53. The van der Waals surface area contributed by atoms with Crippen LogP contribution in [0.2, 0.25) is 0 Å². The highest BCUT2D eigenvalue weighted by atomic mass is 32.5. The van der Waals surface area contributed by atoms with Crippen molar-refractivity contribution in [2.24, 2.45) is 0 Å². The lowest BCUT2D eigenvalue weighted by molar-refractivity contribution is 0.362. The molecule has 0 heterocycles. The SMILES string of the molecule is CCCCCCc1ccccc1S(c1ccccc1)=P(O)(O)O. The third-order valence-electron chi connectivity index (χ3n) is 3.69. The maximum absolute atomic E-state index is 10.1.